The van der Waals surface area contributed by atoms with E-state index in [4.69, 9.17) is 5.73 Å². The molecule has 0 radical (unpaired) electrons. The van der Waals surface area contributed by atoms with E-state index in [1.54, 1.807) is 14.1 Å². The first-order valence-electron chi connectivity index (χ1n) is 7.11. The molecule has 0 saturated carbocycles. The lowest BCUT2D eigenvalue weighted by Crippen LogP contribution is -2.34. The average molecular weight is 310 g/mol. The number of carbonyl (C=O) groups is 2. The molecule has 0 bridgehead atoms. The van der Waals surface area contributed by atoms with Crippen LogP contribution in [0, 0.1) is 5.92 Å². The van der Waals surface area contributed by atoms with E-state index in [2.05, 4.69) is 22.5 Å². The number of carbonyl (C=O) groups excluding carboxylic acids is 2. The van der Waals surface area contributed by atoms with Gasteiger partial charge in [-0.05, 0) is 18.8 Å². The summed E-state index contributed by atoms with van der Waals surface area (Å²) in [6, 6.07) is 0. The number of nitrogens with zero attached hydrogens (tertiary/aromatic N) is 1. The number of hydrogen-bond donors (Lipinski definition) is 3. The van der Waals surface area contributed by atoms with Gasteiger partial charge in [-0.25, -0.2) is 0 Å². The lowest BCUT2D eigenvalue weighted by Gasteiger charge is -2.31. The summed E-state index contributed by atoms with van der Waals surface area (Å²) in [5, 5.41) is 5.98. The predicted molar refractivity (Wildman–Crippen MR) is 86.1 cm³/mol. The van der Waals surface area contributed by atoms with Crippen LogP contribution in [-0.4, -0.2) is 39.0 Å². The van der Waals surface area contributed by atoms with Gasteiger partial charge >= 0.3 is 0 Å². The van der Waals surface area contributed by atoms with E-state index in [1.165, 1.54) is 11.3 Å². The fraction of sp³-hybridized carbons (Fsp3) is 0.571. The van der Waals surface area contributed by atoms with Crippen molar-refractivity contribution in [2.75, 3.05) is 37.8 Å². The molecule has 7 heteroatoms. The SMILES string of the molecule is CNC(=O)c1sc(N2CCC(C)CC2)c(C(=O)NC)c1N. The van der Waals surface area contributed by atoms with Crippen LogP contribution in [0.2, 0.25) is 0 Å². The summed E-state index contributed by atoms with van der Waals surface area (Å²) < 4.78 is 0. The highest BCUT2D eigenvalue weighted by Crippen LogP contribution is 2.39. The number of piperidine rings is 1. The molecule has 2 rings (SSSR count). The molecule has 116 valence electrons. The van der Waals surface area contributed by atoms with Gasteiger partial charge in [0.1, 0.15) is 9.88 Å². The first-order valence-corrected chi connectivity index (χ1v) is 7.92. The summed E-state index contributed by atoms with van der Waals surface area (Å²) >= 11 is 1.30. The molecule has 4 N–H and O–H groups in total. The van der Waals surface area contributed by atoms with Crippen molar-refractivity contribution in [1.29, 1.82) is 0 Å². The second kappa shape index (κ2) is 6.34. The van der Waals surface area contributed by atoms with Crippen LogP contribution in [0.15, 0.2) is 0 Å². The zero-order valence-corrected chi connectivity index (χ0v) is 13.5. The van der Waals surface area contributed by atoms with Crippen molar-refractivity contribution in [3.05, 3.63) is 10.4 Å². The van der Waals surface area contributed by atoms with Crippen molar-refractivity contribution < 1.29 is 9.59 Å². The smallest absolute Gasteiger partial charge is 0.263 e. The fourth-order valence-electron chi connectivity index (χ4n) is 2.49. The van der Waals surface area contributed by atoms with Gasteiger partial charge in [0.25, 0.3) is 11.8 Å². The Kier molecular flexibility index (Phi) is 4.72. The number of anilines is 2. The van der Waals surface area contributed by atoms with E-state index in [-0.39, 0.29) is 17.5 Å². The van der Waals surface area contributed by atoms with E-state index in [0.29, 0.717) is 16.4 Å². The summed E-state index contributed by atoms with van der Waals surface area (Å²) in [4.78, 5) is 26.6. The third-order valence-electron chi connectivity index (χ3n) is 3.88. The first kappa shape index (κ1) is 15.6. The molecule has 2 amide bonds. The number of hydrogen-bond acceptors (Lipinski definition) is 5. The van der Waals surface area contributed by atoms with Gasteiger partial charge in [0.2, 0.25) is 0 Å². The summed E-state index contributed by atoms with van der Waals surface area (Å²) in [6.45, 7) is 4.01. The molecule has 1 aliphatic rings. The highest BCUT2D eigenvalue weighted by atomic mass is 32.1. The van der Waals surface area contributed by atoms with Crippen LogP contribution >= 0.6 is 11.3 Å². The Morgan fingerprint density at radius 3 is 2.29 bits per heavy atom. The van der Waals surface area contributed by atoms with Gasteiger partial charge in [-0.3, -0.25) is 9.59 Å². The summed E-state index contributed by atoms with van der Waals surface area (Å²) in [7, 11) is 3.13. The van der Waals surface area contributed by atoms with Gasteiger partial charge in [0.05, 0.1) is 11.3 Å². The minimum atomic E-state index is -0.251. The molecule has 1 aromatic heterocycles. The molecular formula is C14H22N4O2S. The second-order valence-electron chi connectivity index (χ2n) is 5.35. The van der Waals surface area contributed by atoms with Crippen molar-refractivity contribution in [2.24, 2.45) is 5.92 Å². The molecule has 1 saturated heterocycles. The number of thiophene rings is 1. The Labute approximate surface area is 128 Å². The zero-order chi connectivity index (χ0) is 15.6. The molecule has 21 heavy (non-hydrogen) atoms. The van der Waals surface area contributed by atoms with E-state index >= 15 is 0 Å². The molecule has 1 aromatic rings. The maximum absolute atomic E-state index is 12.1. The lowest BCUT2D eigenvalue weighted by molar-refractivity contribution is 0.0962. The van der Waals surface area contributed by atoms with Crippen molar-refractivity contribution in [3.63, 3.8) is 0 Å². The molecule has 0 aromatic carbocycles. The maximum atomic E-state index is 12.1. The Bertz CT molecular complexity index is 547. The number of amides is 2. The predicted octanol–water partition coefficient (Wildman–Crippen LogP) is 1.29. The minimum Gasteiger partial charge on any atom is -0.397 e. The van der Waals surface area contributed by atoms with Crippen LogP contribution in [0.5, 0.6) is 0 Å². The molecule has 0 atom stereocenters. The maximum Gasteiger partial charge on any atom is 0.263 e. The summed E-state index contributed by atoms with van der Waals surface area (Å²) in [5.41, 5.74) is 6.75. The Morgan fingerprint density at radius 2 is 1.76 bits per heavy atom. The monoisotopic (exact) mass is 310 g/mol. The largest absolute Gasteiger partial charge is 0.397 e. The number of nitrogens with two attached hydrogens (primary N) is 1. The summed E-state index contributed by atoms with van der Waals surface area (Å²) in [5.74, 6) is 0.201. The van der Waals surface area contributed by atoms with Crippen molar-refractivity contribution >= 4 is 33.8 Å². The third-order valence-corrected chi connectivity index (χ3v) is 5.15. The van der Waals surface area contributed by atoms with E-state index in [9.17, 15) is 9.59 Å². The first-order chi connectivity index (χ1) is 9.99. The zero-order valence-electron chi connectivity index (χ0n) is 12.7. The topological polar surface area (TPSA) is 87.5 Å². The van der Waals surface area contributed by atoms with Gasteiger partial charge in [-0.1, -0.05) is 6.92 Å². The molecule has 0 spiro atoms. The van der Waals surface area contributed by atoms with Gasteiger partial charge in [-0.2, -0.15) is 0 Å². The summed E-state index contributed by atoms with van der Waals surface area (Å²) in [6.07, 6.45) is 2.17. The normalized spacial score (nSPS) is 15.9. The van der Waals surface area contributed by atoms with Gasteiger partial charge in [0, 0.05) is 27.2 Å². The Balaban J connectivity index is 2.43. The molecule has 0 aliphatic carbocycles. The van der Waals surface area contributed by atoms with Gasteiger partial charge in [0.15, 0.2) is 0 Å². The number of rotatable bonds is 3. The van der Waals surface area contributed by atoms with E-state index in [1.807, 2.05) is 0 Å². The molecule has 1 aliphatic heterocycles. The third kappa shape index (κ3) is 2.97. The van der Waals surface area contributed by atoms with Crippen LogP contribution < -0.4 is 21.3 Å². The van der Waals surface area contributed by atoms with Crippen LogP contribution in [0.1, 0.15) is 39.8 Å². The minimum absolute atomic E-state index is 0.243. The highest BCUT2D eigenvalue weighted by molar-refractivity contribution is 7.19. The van der Waals surface area contributed by atoms with Crippen LogP contribution in [-0.2, 0) is 0 Å². The molecule has 2 heterocycles. The molecule has 0 unspecified atom stereocenters. The quantitative estimate of drug-likeness (QED) is 0.785. The van der Waals surface area contributed by atoms with Crippen molar-refractivity contribution in [3.8, 4) is 0 Å². The fourth-order valence-corrected chi connectivity index (χ4v) is 3.71. The average Bonchev–Trinajstić information content (AvgIpc) is 2.84. The van der Waals surface area contributed by atoms with E-state index < -0.39 is 0 Å². The Morgan fingerprint density at radius 1 is 1.19 bits per heavy atom. The molecule has 6 nitrogen and oxygen atoms in total. The van der Waals surface area contributed by atoms with Crippen LogP contribution in [0.25, 0.3) is 0 Å². The second-order valence-corrected chi connectivity index (χ2v) is 6.35. The highest BCUT2D eigenvalue weighted by Gasteiger charge is 2.29. The standard InChI is InChI=1S/C14H22N4O2S/c1-8-4-6-18(7-5-8)14-9(12(19)16-2)10(15)11(21-14)13(20)17-3/h8H,4-7,15H2,1-3H3,(H,16,19)(H,17,20). The molecule has 1 fully saturated rings. The Hall–Kier alpha value is -1.76. The van der Waals surface area contributed by atoms with Crippen LogP contribution in [0.3, 0.4) is 0 Å². The van der Waals surface area contributed by atoms with Crippen LogP contribution in [0.4, 0.5) is 10.7 Å². The van der Waals surface area contributed by atoms with Gasteiger partial charge < -0.3 is 21.3 Å². The van der Waals surface area contributed by atoms with E-state index in [0.717, 1.165) is 30.9 Å². The van der Waals surface area contributed by atoms with Gasteiger partial charge in [-0.15, -0.1) is 11.3 Å². The van der Waals surface area contributed by atoms with Crippen molar-refractivity contribution in [2.45, 2.75) is 19.8 Å². The lowest BCUT2D eigenvalue weighted by atomic mass is 9.99. The number of nitrogens with one attached hydrogen (secondary N) is 2. The molecular weight excluding hydrogens is 288 g/mol. The number of nitrogen functional groups attached to an aromatic ring is 1. The van der Waals surface area contributed by atoms with Crippen molar-refractivity contribution in [1.82, 2.24) is 10.6 Å².